The molecule has 8 nitrogen and oxygen atoms in total. The molecule has 0 bridgehead atoms. The Morgan fingerprint density at radius 1 is 0.735 bits per heavy atom. The summed E-state index contributed by atoms with van der Waals surface area (Å²) in [7, 11) is -4.72. The first-order chi connectivity index (χ1) is 16.3. The molecule has 2 N–H and O–H groups in total. The van der Waals surface area contributed by atoms with E-state index in [9.17, 15) is 14.2 Å². The van der Waals surface area contributed by atoms with E-state index in [-0.39, 0.29) is 19.4 Å². The number of hydrogen-bond acceptors (Lipinski definition) is 6. The third kappa shape index (κ3) is 24.2. The van der Waals surface area contributed by atoms with Crippen LogP contribution < -0.4 is 0 Å². The molecule has 34 heavy (non-hydrogen) atoms. The minimum atomic E-state index is -4.72. The highest BCUT2D eigenvalue weighted by Gasteiger charge is 2.22. The zero-order valence-corrected chi connectivity index (χ0v) is 22.1. The van der Waals surface area contributed by atoms with Gasteiger partial charge in [-0.15, -0.1) is 0 Å². The highest BCUT2D eigenvalue weighted by atomic mass is 31.2. The Labute approximate surface area is 206 Å². The number of esters is 2. The van der Waals surface area contributed by atoms with Crippen molar-refractivity contribution in [1.82, 2.24) is 0 Å². The monoisotopic (exact) mass is 507 g/mol. The van der Waals surface area contributed by atoms with Gasteiger partial charge in [0.15, 0.2) is 6.10 Å². The van der Waals surface area contributed by atoms with Crippen molar-refractivity contribution < 1.29 is 37.9 Å². The third-order valence-corrected chi connectivity index (χ3v) is 6.01. The van der Waals surface area contributed by atoms with Gasteiger partial charge in [-0.05, 0) is 6.42 Å². The number of carbonyl (C=O) groups is 2. The average Bonchev–Trinajstić information content (AvgIpc) is 2.77. The minimum absolute atomic E-state index is 0.0550. The van der Waals surface area contributed by atoms with Gasteiger partial charge in [-0.1, -0.05) is 96.8 Å². The number of unbranched alkanes of at least 4 members (excludes halogenated alkanes) is 14. The molecule has 0 heterocycles. The van der Waals surface area contributed by atoms with E-state index in [1.807, 2.05) is 0 Å². The van der Waals surface area contributed by atoms with Gasteiger partial charge in [0.1, 0.15) is 6.61 Å². The second-order valence-corrected chi connectivity index (χ2v) is 10.1. The van der Waals surface area contributed by atoms with Crippen LogP contribution in [-0.2, 0) is 28.2 Å². The molecule has 0 spiro atoms. The van der Waals surface area contributed by atoms with Crippen LogP contribution in [0.1, 0.15) is 122 Å². The Kier molecular flexibility index (Phi) is 21.9. The average molecular weight is 508 g/mol. The summed E-state index contributed by atoms with van der Waals surface area (Å²) >= 11 is 0. The van der Waals surface area contributed by atoms with Gasteiger partial charge in [0.25, 0.3) is 0 Å². The molecule has 0 unspecified atom stereocenters. The quantitative estimate of drug-likeness (QED) is 0.0664. The molecule has 0 amide bonds. The number of rotatable bonds is 24. The van der Waals surface area contributed by atoms with Crippen molar-refractivity contribution in [3.8, 4) is 0 Å². The Balaban J connectivity index is 3.72. The van der Waals surface area contributed by atoms with E-state index in [1.54, 1.807) is 0 Å². The summed E-state index contributed by atoms with van der Waals surface area (Å²) in [6, 6.07) is 0. The molecule has 0 aliphatic heterocycles. The summed E-state index contributed by atoms with van der Waals surface area (Å²) in [6.45, 7) is 4.93. The SMILES string of the molecule is [CH2-]CCC(=O)O[C@H](COC(=O)CCCCCCCCCCCCCCCCC)COP(=O)(O)O. The first-order valence-electron chi connectivity index (χ1n) is 13.1. The number of phosphoric ester groups is 1. The van der Waals surface area contributed by atoms with Crippen LogP contribution in [0.5, 0.6) is 0 Å². The normalized spacial score (nSPS) is 12.5. The predicted molar refractivity (Wildman–Crippen MR) is 133 cm³/mol. The van der Waals surface area contributed by atoms with Gasteiger partial charge in [-0.2, -0.15) is 6.42 Å². The molecule has 0 aliphatic carbocycles. The van der Waals surface area contributed by atoms with Crippen LogP contribution in [0.25, 0.3) is 0 Å². The molecule has 0 fully saturated rings. The van der Waals surface area contributed by atoms with Gasteiger partial charge in [-0.3, -0.25) is 14.1 Å². The summed E-state index contributed by atoms with van der Waals surface area (Å²) in [6.07, 6.45) is 18.2. The maximum absolute atomic E-state index is 11.9. The fourth-order valence-corrected chi connectivity index (χ4v) is 3.94. The first kappa shape index (κ1) is 33.0. The summed E-state index contributed by atoms with van der Waals surface area (Å²) in [5.74, 6) is -1.02. The van der Waals surface area contributed by atoms with Crippen LogP contribution in [0.3, 0.4) is 0 Å². The van der Waals surface area contributed by atoms with Crippen molar-refractivity contribution in [2.45, 2.75) is 129 Å². The van der Waals surface area contributed by atoms with Crippen LogP contribution in [0.4, 0.5) is 0 Å². The summed E-state index contributed by atoms with van der Waals surface area (Å²) in [5, 5.41) is 0. The Bertz CT molecular complexity index is 549. The molecule has 0 saturated heterocycles. The Morgan fingerprint density at radius 2 is 1.21 bits per heavy atom. The fraction of sp³-hybridized carbons (Fsp3) is 0.880. The van der Waals surface area contributed by atoms with Crippen molar-refractivity contribution in [2.75, 3.05) is 13.2 Å². The number of ether oxygens (including phenoxy) is 2. The van der Waals surface area contributed by atoms with Crippen molar-refractivity contribution in [3.05, 3.63) is 6.92 Å². The minimum Gasteiger partial charge on any atom is -0.462 e. The lowest BCUT2D eigenvalue weighted by Crippen LogP contribution is -2.29. The standard InChI is InChI=1S/C25H48O8P/c1-3-5-6-7-8-9-10-11-12-13-14-15-16-17-18-20-24(26)31-21-23(22-32-34(28,29)30)33-25(27)19-4-2/h23H,2-22H2,1H3,(H2,28,29,30)/q-1/t23-/m1/s1. The van der Waals surface area contributed by atoms with Crippen molar-refractivity contribution in [1.29, 1.82) is 0 Å². The molecule has 0 aromatic rings. The molecular formula is C25H48O8P-. The second kappa shape index (κ2) is 22.5. The molecule has 0 aromatic heterocycles. The van der Waals surface area contributed by atoms with Gasteiger partial charge in [0, 0.05) is 12.8 Å². The van der Waals surface area contributed by atoms with Crippen molar-refractivity contribution >= 4 is 19.8 Å². The molecule has 0 aromatic carbocycles. The van der Waals surface area contributed by atoms with Gasteiger partial charge in [0.05, 0.1) is 6.61 Å². The van der Waals surface area contributed by atoms with E-state index >= 15 is 0 Å². The first-order valence-corrected chi connectivity index (χ1v) is 14.7. The molecule has 1 atom stereocenters. The van der Waals surface area contributed by atoms with Crippen molar-refractivity contribution in [2.24, 2.45) is 0 Å². The maximum atomic E-state index is 11.9. The zero-order chi connectivity index (χ0) is 25.5. The van der Waals surface area contributed by atoms with Gasteiger partial charge < -0.3 is 26.2 Å². The van der Waals surface area contributed by atoms with E-state index in [4.69, 9.17) is 19.3 Å². The molecule has 0 radical (unpaired) electrons. The zero-order valence-electron chi connectivity index (χ0n) is 21.2. The van der Waals surface area contributed by atoms with E-state index in [0.29, 0.717) is 6.42 Å². The maximum Gasteiger partial charge on any atom is 0.469 e. The lowest BCUT2D eigenvalue weighted by molar-refractivity contribution is -0.161. The number of hydrogen-bond donors (Lipinski definition) is 2. The largest absolute Gasteiger partial charge is 0.469 e. The fourth-order valence-electron chi connectivity index (χ4n) is 3.58. The smallest absolute Gasteiger partial charge is 0.462 e. The van der Waals surface area contributed by atoms with Crippen molar-refractivity contribution in [3.63, 3.8) is 0 Å². The molecular weight excluding hydrogens is 459 g/mol. The molecule has 0 rings (SSSR count). The lowest BCUT2D eigenvalue weighted by Gasteiger charge is -2.18. The molecule has 9 heteroatoms. The second-order valence-electron chi connectivity index (χ2n) is 8.88. The number of carbonyl (C=O) groups excluding carboxylic acids is 2. The molecule has 0 aliphatic rings. The molecule has 202 valence electrons. The summed E-state index contributed by atoms with van der Waals surface area (Å²) in [5.41, 5.74) is 0. The topological polar surface area (TPSA) is 119 Å². The van der Waals surface area contributed by atoms with Gasteiger partial charge in [0.2, 0.25) is 0 Å². The van der Waals surface area contributed by atoms with Crippen LogP contribution in [-0.4, -0.2) is 41.0 Å². The lowest BCUT2D eigenvalue weighted by atomic mass is 10.0. The van der Waals surface area contributed by atoms with Crippen LogP contribution in [0.2, 0.25) is 0 Å². The molecule has 0 saturated carbocycles. The third-order valence-electron chi connectivity index (χ3n) is 5.52. The predicted octanol–water partition coefficient (Wildman–Crippen LogP) is 6.43. The Morgan fingerprint density at radius 3 is 1.65 bits per heavy atom. The van der Waals surface area contributed by atoms with E-state index in [2.05, 4.69) is 18.4 Å². The van der Waals surface area contributed by atoms with Gasteiger partial charge in [-0.25, -0.2) is 4.57 Å². The van der Waals surface area contributed by atoms with E-state index in [0.717, 1.165) is 19.3 Å². The highest BCUT2D eigenvalue weighted by Crippen LogP contribution is 2.35. The van der Waals surface area contributed by atoms with E-state index in [1.165, 1.54) is 77.0 Å². The van der Waals surface area contributed by atoms with E-state index < -0.39 is 32.5 Å². The van der Waals surface area contributed by atoms with Crippen LogP contribution >= 0.6 is 7.82 Å². The summed E-state index contributed by atoms with van der Waals surface area (Å²) in [4.78, 5) is 41.2. The van der Waals surface area contributed by atoms with Crippen LogP contribution in [0.15, 0.2) is 0 Å². The van der Waals surface area contributed by atoms with Crippen LogP contribution in [0, 0.1) is 6.92 Å². The highest BCUT2D eigenvalue weighted by molar-refractivity contribution is 7.46. The number of phosphoric acid groups is 1. The summed E-state index contributed by atoms with van der Waals surface area (Å²) < 4.78 is 25.4. The Hall–Kier alpha value is -0.950. The van der Waals surface area contributed by atoms with Gasteiger partial charge >= 0.3 is 19.8 Å².